The van der Waals surface area contributed by atoms with Crippen LogP contribution in [0.25, 0.3) is 11.3 Å². The quantitative estimate of drug-likeness (QED) is 0.455. The van der Waals surface area contributed by atoms with Crippen LogP contribution in [0.15, 0.2) is 41.8 Å². The van der Waals surface area contributed by atoms with Crippen molar-refractivity contribution < 1.29 is 13.2 Å². The number of aromatic nitrogens is 2. The van der Waals surface area contributed by atoms with Gasteiger partial charge in [0.1, 0.15) is 0 Å². The summed E-state index contributed by atoms with van der Waals surface area (Å²) in [6.07, 6.45) is 0.896. The van der Waals surface area contributed by atoms with Gasteiger partial charge < -0.3 is 9.88 Å². The molecule has 0 saturated heterocycles. The molecule has 6 nitrogen and oxygen atoms in total. The van der Waals surface area contributed by atoms with Gasteiger partial charge >= 0.3 is 0 Å². The Morgan fingerprint density at radius 2 is 1.91 bits per heavy atom. The molecule has 3 aromatic rings. The van der Waals surface area contributed by atoms with E-state index >= 15 is 0 Å². The lowest BCUT2D eigenvalue weighted by Gasteiger charge is -2.09. The molecule has 0 spiro atoms. The van der Waals surface area contributed by atoms with E-state index in [1.54, 1.807) is 0 Å². The van der Waals surface area contributed by atoms with E-state index in [1.165, 1.54) is 22.6 Å². The minimum atomic E-state index is -3.22. The summed E-state index contributed by atoms with van der Waals surface area (Å²) in [5.41, 5.74) is 5.47. The van der Waals surface area contributed by atoms with Crippen LogP contribution in [0.1, 0.15) is 37.2 Å². The van der Waals surface area contributed by atoms with Gasteiger partial charge in [0.15, 0.2) is 15.0 Å². The van der Waals surface area contributed by atoms with Crippen molar-refractivity contribution in [1.29, 1.82) is 0 Å². The molecule has 0 atom stereocenters. The Kier molecular flexibility index (Phi) is 7.90. The first kappa shape index (κ1) is 24.2. The number of benzene rings is 1. The van der Waals surface area contributed by atoms with E-state index in [9.17, 15) is 13.2 Å². The second kappa shape index (κ2) is 10.4. The minimum absolute atomic E-state index is 0.0521. The van der Waals surface area contributed by atoms with Crippen molar-refractivity contribution in [3.63, 3.8) is 0 Å². The Hall–Kier alpha value is -2.45. The lowest BCUT2D eigenvalue weighted by atomic mass is 10.1. The summed E-state index contributed by atoms with van der Waals surface area (Å²) < 4.78 is 26.3. The number of nitrogens with one attached hydrogen (secondary N) is 1. The van der Waals surface area contributed by atoms with Gasteiger partial charge in [-0.3, -0.25) is 4.79 Å². The number of hydrogen-bond acceptors (Lipinski definition) is 5. The molecule has 1 N–H and O–H groups in total. The molecule has 3 rings (SSSR count). The van der Waals surface area contributed by atoms with Crippen molar-refractivity contribution in [2.75, 3.05) is 16.8 Å². The highest BCUT2D eigenvalue weighted by atomic mass is 32.2. The number of rotatable bonds is 10. The Morgan fingerprint density at radius 1 is 1.19 bits per heavy atom. The van der Waals surface area contributed by atoms with Crippen LogP contribution in [-0.2, 0) is 27.6 Å². The number of aryl methyl sites for hydroxylation is 2. The lowest BCUT2D eigenvalue weighted by Crippen LogP contribution is -2.20. The minimum Gasteiger partial charge on any atom is -0.348 e. The molecule has 0 aliphatic rings. The standard InChI is InChI=1S/C24H31N3O3S2/c1-17(2)16-32(29,30)13-11-23(28)26-24-25-22(15-31-24)21-14-18(3)27(19(21)4)12-10-20-8-6-5-7-9-20/h5-9,14-15,17H,10-13,16H2,1-4H3,(H,25,26,28). The van der Waals surface area contributed by atoms with E-state index in [0.29, 0.717) is 5.13 Å². The smallest absolute Gasteiger partial charge is 0.227 e. The van der Waals surface area contributed by atoms with Crippen molar-refractivity contribution in [3.8, 4) is 11.3 Å². The maximum absolute atomic E-state index is 12.2. The summed E-state index contributed by atoms with van der Waals surface area (Å²) in [6, 6.07) is 12.5. The van der Waals surface area contributed by atoms with E-state index in [2.05, 4.69) is 59.0 Å². The molecule has 2 heterocycles. The zero-order valence-electron chi connectivity index (χ0n) is 19.1. The predicted octanol–water partition coefficient (Wildman–Crippen LogP) is 4.87. The third kappa shape index (κ3) is 6.53. The highest BCUT2D eigenvalue weighted by molar-refractivity contribution is 7.91. The summed E-state index contributed by atoms with van der Waals surface area (Å²) in [7, 11) is -3.22. The second-order valence-corrected chi connectivity index (χ2v) is 11.6. The topological polar surface area (TPSA) is 81.1 Å². The molecule has 0 saturated carbocycles. The molecule has 172 valence electrons. The number of hydrogen-bond donors (Lipinski definition) is 1. The van der Waals surface area contributed by atoms with E-state index in [-0.39, 0.29) is 29.8 Å². The van der Waals surface area contributed by atoms with Gasteiger partial charge in [0.05, 0.1) is 17.2 Å². The third-order valence-electron chi connectivity index (χ3n) is 5.29. The van der Waals surface area contributed by atoms with Crippen LogP contribution >= 0.6 is 11.3 Å². The van der Waals surface area contributed by atoms with Gasteiger partial charge in [-0.2, -0.15) is 0 Å². The monoisotopic (exact) mass is 473 g/mol. The van der Waals surface area contributed by atoms with Crippen LogP contribution in [-0.4, -0.2) is 35.4 Å². The van der Waals surface area contributed by atoms with Crippen LogP contribution in [0.5, 0.6) is 0 Å². The molecular weight excluding hydrogens is 442 g/mol. The fourth-order valence-electron chi connectivity index (χ4n) is 3.77. The molecule has 2 aromatic heterocycles. The van der Waals surface area contributed by atoms with Crippen LogP contribution in [0, 0.1) is 19.8 Å². The average Bonchev–Trinajstić information content (AvgIpc) is 3.29. The van der Waals surface area contributed by atoms with Crippen LogP contribution in [0.3, 0.4) is 0 Å². The number of carbonyl (C=O) groups is 1. The molecule has 0 unspecified atom stereocenters. The number of amides is 1. The number of sulfone groups is 1. The highest BCUT2D eigenvalue weighted by Crippen LogP contribution is 2.30. The predicted molar refractivity (Wildman–Crippen MR) is 132 cm³/mol. The van der Waals surface area contributed by atoms with Crippen LogP contribution in [0.4, 0.5) is 5.13 Å². The van der Waals surface area contributed by atoms with Gasteiger partial charge in [-0.1, -0.05) is 44.2 Å². The number of anilines is 1. The van der Waals surface area contributed by atoms with Crippen molar-refractivity contribution >= 4 is 32.2 Å². The van der Waals surface area contributed by atoms with Gasteiger partial charge in [-0.05, 0) is 37.8 Å². The molecule has 0 aliphatic carbocycles. The summed E-state index contributed by atoms with van der Waals surface area (Å²) >= 11 is 1.35. The summed E-state index contributed by atoms with van der Waals surface area (Å²) in [4.78, 5) is 16.8. The van der Waals surface area contributed by atoms with Crippen molar-refractivity contribution in [2.45, 2.75) is 47.1 Å². The first-order valence-corrected chi connectivity index (χ1v) is 13.5. The zero-order valence-corrected chi connectivity index (χ0v) is 20.7. The van der Waals surface area contributed by atoms with Gasteiger partial charge in [-0.15, -0.1) is 11.3 Å². The first-order chi connectivity index (χ1) is 15.1. The largest absolute Gasteiger partial charge is 0.348 e. The molecule has 1 amide bonds. The lowest BCUT2D eigenvalue weighted by molar-refractivity contribution is -0.115. The van der Waals surface area contributed by atoms with E-state index < -0.39 is 9.84 Å². The third-order valence-corrected chi connectivity index (χ3v) is 8.05. The van der Waals surface area contributed by atoms with Crippen LogP contribution in [0.2, 0.25) is 0 Å². The second-order valence-electron chi connectivity index (χ2n) is 8.52. The summed E-state index contributed by atoms with van der Waals surface area (Å²) in [5.74, 6) is -0.317. The molecule has 32 heavy (non-hydrogen) atoms. The fourth-order valence-corrected chi connectivity index (χ4v) is 6.17. The number of thiazole rings is 1. The van der Waals surface area contributed by atoms with E-state index in [4.69, 9.17) is 0 Å². The van der Waals surface area contributed by atoms with E-state index in [1.807, 2.05) is 25.3 Å². The molecule has 0 fully saturated rings. The maximum Gasteiger partial charge on any atom is 0.227 e. The molecule has 0 aliphatic heterocycles. The first-order valence-electron chi connectivity index (χ1n) is 10.8. The molecular formula is C24H31N3O3S2. The van der Waals surface area contributed by atoms with Crippen molar-refractivity contribution in [2.24, 2.45) is 5.92 Å². The number of nitrogens with zero attached hydrogens (tertiary/aromatic N) is 2. The number of carbonyl (C=O) groups excluding carboxylic acids is 1. The summed E-state index contributed by atoms with van der Waals surface area (Å²) in [6.45, 7) is 8.78. The van der Waals surface area contributed by atoms with Gasteiger partial charge in [0, 0.05) is 35.3 Å². The molecule has 0 bridgehead atoms. The van der Waals surface area contributed by atoms with Crippen molar-refractivity contribution in [1.82, 2.24) is 9.55 Å². The fraction of sp³-hybridized carbons (Fsp3) is 0.417. The summed E-state index contributed by atoms with van der Waals surface area (Å²) in [5, 5.41) is 5.15. The molecule has 8 heteroatoms. The van der Waals surface area contributed by atoms with Gasteiger partial charge in [0.2, 0.25) is 5.91 Å². The Morgan fingerprint density at radius 3 is 2.59 bits per heavy atom. The zero-order chi connectivity index (χ0) is 23.3. The maximum atomic E-state index is 12.2. The van der Waals surface area contributed by atoms with Gasteiger partial charge in [0.25, 0.3) is 0 Å². The van der Waals surface area contributed by atoms with E-state index in [0.717, 1.165) is 29.9 Å². The normalized spacial score (nSPS) is 11.8. The van der Waals surface area contributed by atoms with Gasteiger partial charge in [-0.25, -0.2) is 13.4 Å². The molecule has 1 aromatic carbocycles. The Labute approximate surface area is 194 Å². The van der Waals surface area contributed by atoms with Crippen LogP contribution < -0.4 is 5.32 Å². The Balaban J connectivity index is 1.63. The molecule has 0 radical (unpaired) electrons. The highest BCUT2D eigenvalue weighted by Gasteiger charge is 2.17. The SMILES string of the molecule is Cc1cc(-c2csc(NC(=O)CCS(=O)(=O)CC(C)C)n2)c(C)n1CCc1ccccc1. The van der Waals surface area contributed by atoms with Crippen molar-refractivity contribution in [3.05, 3.63) is 58.7 Å². The average molecular weight is 474 g/mol. The Bertz CT molecular complexity index is 1160.